The third kappa shape index (κ3) is 4.06. The number of carbonyl (C=O) groups excluding carboxylic acids is 1. The first-order valence-corrected chi connectivity index (χ1v) is 9.42. The molecule has 2 aromatic carbocycles. The minimum atomic E-state index is -0.554. The van der Waals surface area contributed by atoms with Gasteiger partial charge >= 0.3 is 0 Å². The highest BCUT2D eigenvalue weighted by Gasteiger charge is 2.18. The van der Waals surface area contributed by atoms with E-state index in [1.54, 1.807) is 4.90 Å². The van der Waals surface area contributed by atoms with Crippen molar-refractivity contribution in [2.24, 2.45) is 0 Å². The number of fused-ring (bicyclic) bond motifs is 1. The van der Waals surface area contributed by atoms with E-state index in [1.165, 1.54) is 16.5 Å². The summed E-state index contributed by atoms with van der Waals surface area (Å²) in [5.41, 5.74) is 6.51. The molecule has 1 atom stereocenters. The van der Waals surface area contributed by atoms with E-state index < -0.39 is 6.10 Å². The van der Waals surface area contributed by atoms with Gasteiger partial charge in [0.25, 0.3) is 0 Å². The fraction of sp³-hybridized carbons (Fsp3) is 0.348. The molecule has 0 spiro atoms. The van der Waals surface area contributed by atoms with Crippen molar-refractivity contribution in [3.05, 3.63) is 70.4 Å². The predicted octanol–water partition coefficient (Wildman–Crippen LogP) is 4.22. The molecule has 0 aliphatic carbocycles. The van der Waals surface area contributed by atoms with Crippen molar-refractivity contribution in [2.45, 2.75) is 39.7 Å². The van der Waals surface area contributed by atoms with E-state index in [4.69, 9.17) is 0 Å². The van der Waals surface area contributed by atoms with Gasteiger partial charge in [-0.2, -0.15) is 0 Å². The quantitative estimate of drug-likeness (QED) is 0.688. The summed E-state index contributed by atoms with van der Waals surface area (Å²) in [7, 11) is 1.81. The molecular formula is C23H28N2O2. The van der Waals surface area contributed by atoms with Gasteiger partial charge in [-0.25, -0.2) is 0 Å². The van der Waals surface area contributed by atoms with E-state index in [9.17, 15) is 9.90 Å². The molecule has 2 N–H and O–H groups in total. The summed E-state index contributed by atoms with van der Waals surface area (Å²) >= 11 is 0. The van der Waals surface area contributed by atoms with Crippen LogP contribution in [0.3, 0.4) is 0 Å². The van der Waals surface area contributed by atoms with Crippen LogP contribution in [0.15, 0.2) is 42.5 Å². The van der Waals surface area contributed by atoms with Gasteiger partial charge in [0, 0.05) is 30.2 Å². The van der Waals surface area contributed by atoms with Crippen LogP contribution in [-0.4, -0.2) is 34.5 Å². The molecule has 0 aliphatic heterocycles. The standard InChI is InChI=1S/C23H28N2O2/c1-15-10-11-16(2)23-22(15)19(17(3)24-23)14-21(27)25(4)13-12-20(26)18-8-6-5-7-9-18/h5-11,20,24,26H,12-14H2,1-4H3. The van der Waals surface area contributed by atoms with Crippen LogP contribution in [0.4, 0.5) is 0 Å². The summed E-state index contributed by atoms with van der Waals surface area (Å²) in [6.07, 6.45) is 0.340. The number of aliphatic hydroxyl groups is 1. The van der Waals surface area contributed by atoms with Gasteiger partial charge in [0.15, 0.2) is 0 Å². The lowest BCUT2D eigenvalue weighted by atomic mass is 10.0. The number of H-pyrrole nitrogens is 1. The number of aliphatic hydroxyl groups excluding tert-OH is 1. The smallest absolute Gasteiger partial charge is 0.226 e. The number of likely N-dealkylation sites (N-methyl/N-ethyl adjacent to an activating group) is 1. The summed E-state index contributed by atoms with van der Waals surface area (Å²) in [6.45, 7) is 6.72. The molecular weight excluding hydrogens is 336 g/mol. The highest BCUT2D eigenvalue weighted by molar-refractivity contribution is 5.93. The van der Waals surface area contributed by atoms with Crippen LogP contribution >= 0.6 is 0 Å². The molecule has 0 fully saturated rings. The minimum Gasteiger partial charge on any atom is -0.388 e. The average molecular weight is 364 g/mol. The molecule has 142 valence electrons. The number of nitrogens with one attached hydrogen (secondary N) is 1. The third-order valence-corrected chi connectivity index (χ3v) is 5.36. The summed E-state index contributed by atoms with van der Waals surface area (Å²) < 4.78 is 0. The van der Waals surface area contributed by atoms with Crippen LogP contribution in [0.5, 0.6) is 0 Å². The number of nitrogens with zero attached hydrogens (tertiary/aromatic N) is 1. The Kier molecular flexibility index (Phi) is 5.66. The molecule has 0 saturated carbocycles. The van der Waals surface area contributed by atoms with Gasteiger partial charge < -0.3 is 15.0 Å². The van der Waals surface area contributed by atoms with E-state index in [1.807, 2.05) is 44.3 Å². The second-order valence-corrected chi connectivity index (χ2v) is 7.39. The molecule has 1 amide bonds. The normalized spacial score (nSPS) is 12.3. The first kappa shape index (κ1) is 19.2. The number of rotatable bonds is 6. The SMILES string of the molecule is Cc1[nH]c2c(C)ccc(C)c2c1CC(=O)N(C)CCC(O)c1ccccc1. The van der Waals surface area contributed by atoms with Crippen molar-refractivity contribution in [1.82, 2.24) is 9.88 Å². The fourth-order valence-corrected chi connectivity index (χ4v) is 3.60. The highest BCUT2D eigenvalue weighted by Crippen LogP contribution is 2.28. The Hall–Kier alpha value is -2.59. The van der Waals surface area contributed by atoms with Gasteiger partial charge in [-0.1, -0.05) is 42.5 Å². The lowest BCUT2D eigenvalue weighted by Gasteiger charge is -2.20. The number of carbonyl (C=O) groups is 1. The number of hydrogen-bond donors (Lipinski definition) is 2. The van der Waals surface area contributed by atoms with Gasteiger partial charge in [0.05, 0.1) is 12.5 Å². The molecule has 4 nitrogen and oxygen atoms in total. The van der Waals surface area contributed by atoms with E-state index in [0.29, 0.717) is 19.4 Å². The van der Waals surface area contributed by atoms with Crippen LogP contribution in [0, 0.1) is 20.8 Å². The van der Waals surface area contributed by atoms with Crippen molar-refractivity contribution in [2.75, 3.05) is 13.6 Å². The zero-order valence-electron chi connectivity index (χ0n) is 16.5. The summed E-state index contributed by atoms with van der Waals surface area (Å²) in [5, 5.41) is 11.5. The van der Waals surface area contributed by atoms with Crippen molar-refractivity contribution in [3.63, 3.8) is 0 Å². The Morgan fingerprint density at radius 3 is 2.44 bits per heavy atom. The number of aromatic amines is 1. The number of amides is 1. The van der Waals surface area contributed by atoms with E-state index in [-0.39, 0.29) is 5.91 Å². The molecule has 0 saturated heterocycles. The lowest BCUT2D eigenvalue weighted by molar-refractivity contribution is -0.129. The lowest BCUT2D eigenvalue weighted by Crippen LogP contribution is -2.30. The van der Waals surface area contributed by atoms with Crippen molar-refractivity contribution in [3.8, 4) is 0 Å². The summed E-state index contributed by atoms with van der Waals surface area (Å²) in [6, 6.07) is 13.8. The van der Waals surface area contributed by atoms with Crippen LogP contribution in [0.1, 0.15) is 40.5 Å². The third-order valence-electron chi connectivity index (χ3n) is 5.36. The van der Waals surface area contributed by atoms with E-state index >= 15 is 0 Å². The van der Waals surface area contributed by atoms with Gasteiger partial charge in [-0.15, -0.1) is 0 Å². The van der Waals surface area contributed by atoms with Gasteiger partial charge in [-0.3, -0.25) is 4.79 Å². The maximum Gasteiger partial charge on any atom is 0.226 e. The summed E-state index contributed by atoms with van der Waals surface area (Å²) in [5.74, 6) is 0.0696. The monoisotopic (exact) mass is 364 g/mol. The maximum atomic E-state index is 12.8. The first-order valence-electron chi connectivity index (χ1n) is 9.42. The summed E-state index contributed by atoms with van der Waals surface area (Å²) in [4.78, 5) is 17.9. The average Bonchev–Trinajstić information content (AvgIpc) is 3.00. The molecule has 4 heteroatoms. The van der Waals surface area contributed by atoms with Gasteiger partial charge in [0.1, 0.15) is 0 Å². The van der Waals surface area contributed by atoms with E-state index in [0.717, 1.165) is 22.3 Å². The second kappa shape index (κ2) is 7.97. The largest absolute Gasteiger partial charge is 0.388 e. The van der Waals surface area contributed by atoms with Crippen LogP contribution < -0.4 is 0 Å². The van der Waals surface area contributed by atoms with Crippen LogP contribution in [-0.2, 0) is 11.2 Å². The molecule has 1 unspecified atom stereocenters. The van der Waals surface area contributed by atoms with Gasteiger partial charge in [-0.05, 0) is 49.4 Å². The Labute approximate surface area is 160 Å². The zero-order chi connectivity index (χ0) is 19.6. The Bertz CT molecular complexity index is 944. The molecule has 3 rings (SSSR count). The minimum absolute atomic E-state index is 0.0696. The molecule has 0 bridgehead atoms. The predicted molar refractivity (Wildman–Crippen MR) is 110 cm³/mol. The Morgan fingerprint density at radius 2 is 1.74 bits per heavy atom. The van der Waals surface area contributed by atoms with Crippen LogP contribution in [0.25, 0.3) is 10.9 Å². The number of benzene rings is 2. The Balaban J connectivity index is 1.69. The Morgan fingerprint density at radius 1 is 1.07 bits per heavy atom. The topological polar surface area (TPSA) is 56.3 Å². The molecule has 0 aliphatic rings. The van der Waals surface area contributed by atoms with Crippen molar-refractivity contribution in [1.29, 1.82) is 0 Å². The number of hydrogen-bond acceptors (Lipinski definition) is 2. The first-order chi connectivity index (χ1) is 12.9. The second-order valence-electron chi connectivity index (χ2n) is 7.39. The molecule has 3 aromatic rings. The van der Waals surface area contributed by atoms with Crippen molar-refractivity contribution < 1.29 is 9.90 Å². The molecule has 1 aromatic heterocycles. The molecule has 27 heavy (non-hydrogen) atoms. The highest BCUT2D eigenvalue weighted by atomic mass is 16.3. The number of aryl methyl sites for hydroxylation is 3. The van der Waals surface area contributed by atoms with Gasteiger partial charge in [0.2, 0.25) is 5.91 Å². The van der Waals surface area contributed by atoms with E-state index in [2.05, 4.69) is 31.0 Å². The molecule has 0 radical (unpaired) electrons. The maximum absolute atomic E-state index is 12.8. The molecule has 1 heterocycles. The van der Waals surface area contributed by atoms with Crippen LogP contribution in [0.2, 0.25) is 0 Å². The van der Waals surface area contributed by atoms with Crippen molar-refractivity contribution >= 4 is 16.8 Å². The fourth-order valence-electron chi connectivity index (χ4n) is 3.60. The number of aromatic nitrogens is 1. The zero-order valence-corrected chi connectivity index (χ0v) is 16.5.